The Morgan fingerprint density at radius 2 is 1.93 bits per heavy atom. The lowest BCUT2D eigenvalue weighted by Crippen LogP contribution is -2.51. The van der Waals surface area contributed by atoms with Crippen LogP contribution in [0.25, 0.3) is 11.4 Å². The average molecular weight is 555 g/mol. The number of carbonyl (C=O) groups excluding carboxylic acids is 2. The van der Waals surface area contributed by atoms with Crippen LogP contribution in [0.4, 0.5) is 11.4 Å². The number of methoxy groups -OCH3 is 1. The van der Waals surface area contributed by atoms with Crippen molar-refractivity contribution in [2.24, 2.45) is 0 Å². The second kappa shape index (κ2) is 8.63. The Balaban J connectivity index is 1.54. The smallest absolute Gasteiger partial charge is 0.280 e. The summed E-state index contributed by atoms with van der Waals surface area (Å²) in [4.78, 5) is 44.4. The van der Waals surface area contributed by atoms with Crippen molar-refractivity contribution < 1.29 is 14.3 Å². The average Bonchev–Trinajstić information content (AvgIpc) is 3.58. The van der Waals surface area contributed by atoms with Gasteiger partial charge in [0, 0.05) is 40.1 Å². The van der Waals surface area contributed by atoms with Crippen LogP contribution in [-0.2, 0) is 10.3 Å². The van der Waals surface area contributed by atoms with Gasteiger partial charge in [0.15, 0.2) is 11.2 Å². The van der Waals surface area contributed by atoms with E-state index in [0.717, 1.165) is 24.2 Å². The molecule has 40 heavy (non-hydrogen) atoms. The quantitative estimate of drug-likeness (QED) is 0.343. The minimum Gasteiger partial charge on any atom is -0.480 e. The van der Waals surface area contributed by atoms with Gasteiger partial charge in [0.2, 0.25) is 5.88 Å². The van der Waals surface area contributed by atoms with Gasteiger partial charge >= 0.3 is 0 Å². The Labute approximate surface area is 236 Å². The van der Waals surface area contributed by atoms with Crippen LogP contribution in [0.3, 0.4) is 0 Å². The summed E-state index contributed by atoms with van der Waals surface area (Å²) in [6.45, 7) is 5.96. The van der Waals surface area contributed by atoms with E-state index in [-0.39, 0.29) is 17.6 Å². The van der Waals surface area contributed by atoms with Crippen molar-refractivity contribution in [3.63, 3.8) is 0 Å². The van der Waals surface area contributed by atoms with Crippen molar-refractivity contribution in [2.45, 2.75) is 51.1 Å². The number of benzene rings is 2. The molecule has 7 rings (SSSR count). The Bertz CT molecular complexity index is 1740. The van der Waals surface area contributed by atoms with Crippen molar-refractivity contribution >= 4 is 34.8 Å². The van der Waals surface area contributed by atoms with E-state index in [1.165, 1.54) is 4.90 Å². The molecule has 1 N–H and O–H groups in total. The monoisotopic (exact) mass is 554 g/mol. The van der Waals surface area contributed by atoms with Crippen LogP contribution < -0.4 is 15.0 Å². The maximum atomic E-state index is 14.4. The van der Waals surface area contributed by atoms with Crippen molar-refractivity contribution in [2.75, 3.05) is 17.3 Å². The molecule has 4 heterocycles. The molecule has 1 saturated carbocycles. The predicted molar refractivity (Wildman–Crippen MR) is 151 cm³/mol. The van der Waals surface area contributed by atoms with Gasteiger partial charge in [-0.15, -0.1) is 0 Å². The zero-order valence-electron chi connectivity index (χ0n) is 22.5. The number of nitrogens with one attached hydrogen (secondary N) is 1. The molecular weight excluding hydrogens is 528 g/mol. The van der Waals surface area contributed by atoms with E-state index in [2.05, 4.69) is 15.3 Å². The zero-order chi connectivity index (χ0) is 27.9. The molecule has 0 bridgehead atoms. The van der Waals surface area contributed by atoms with Gasteiger partial charge in [0.1, 0.15) is 11.6 Å². The number of halogens is 1. The van der Waals surface area contributed by atoms with Crippen molar-refractivity contribution in [3.8, 4) is 17.3 Å². The maximum Gasteiger partial charge on any atom is 0.280 e. The third kappa shape index (κ3) is 3.30. The molecule has 1 spiro atoms. The van der Waals surface area contributed by atoms with Crippen LogP contribution in [0.15, 0.2) is 48.7 Å². The Hall–Kier alpha value is -4.24. The molecule has 0 saturated heterocycles. The van der Waals surface area contributed by atoms with Gasteiger partial charge in [-0.25, -0.2) is 9.97 Å². The molecule has 1 unspecified atom stereocenters. The molecule has 2 amide bonds. The molecule has 1 fully saturated rings. The highest BCUT2D eigenvalue weighted by Gasteiger charge is 2.64. The van der Waals surface area contributed by atoms with Gasteiger partial charge < -0.3 is 14.6 Å². The number of anilines is 2. The largest absolute Gasteiger partial charge is 0.480 e. The minimum absolute atomic E-state index is 0.176. The minimum atomic E-state index is -1.50. The summed E-state index contributed by atoms with van der Waals surface area (Å²) in [7, 11) is 1.56. The lowest BCUT2D eigenvalue weighted by atomic mass is 9.86. The number of amides is 2. The zero-order valence-corrected chi connectivity index (χ0v) is 23.3. The lowest BCUT2D eigenvalue weighted by molar-refractivity contribution is -0.119. The van der Waals surface area contributed by atoms with Gasteiger partial charge in [-0.1, -0.05) is 29.8 Å². The third-order valence-electron chi connectivity index (χ3n) is 7.87. The second-order valence-electron chi connectivity index (χ2n) is 10.9. The van der Waals surface area contributed by atoms with Crippen molar-refractivity contribution in [1.29, 1.82) is 0 Å². The molecule has 202 valence electrons. The van der Waals surface area contributed by atoms with E-state index in [9.17, 15) is 9.59 Å². The molecular formula is C30H27ClN6O3. The Kier molecular flexibility index (Phi) is 5.34. The number of ether oxygens (including phenoxy) is 1. The van der Waals surface area contributed by atoms with Crippen LogP contribution in [0, 0.1) is 6.92 Å². The number of carbonyl (C=O) groups is 2. The molecule has 0 radical (unpaired) electrons. The summed E-state index contributed by atoms with van der Waals surface area (Å²) in [6, 6.07) is 12.6. The van der Waals surface area contributed by atoms with Gasteiger partial charge in [0.25, 0.3) is 11.8 Å². The summed E-state index contributed by atoms with van der Waals surface area (Å²) in [5.41, 5.74) is 2.58. The standard InChI is InChI=1S/C30H27ClN6O3/c1-15(2)36-24-23(34-26(36)20-14-32-25(17-9-10-17)35-27(20)40-4)28(38)37(19-7-5-6-18(31)13-19)30(24)21-11-8-16(3)12-22(21)33-29(30)39/h5-8,11-15,17H,9-10H2,1-4H3,(H,33,39). The Morgan fingerprint density at radius 1 is 1.12 bits per heavy atom. The fourth-order valence-electron chi connectivity index (χ4n) is 6.01. The highest BCUT2D eigenvalue weighted by molar-refractivity contribution is 6.31. The number of hydrogen-bond acceptors (Lipinski definition) is 6. The highest BCUT2D eigenvalue weighted by atomic mass is 35.5. The summed E-state index contributed by atoms with van der Waals surface area (Å²) in [6.07, 6.45) is 3.83. The maximum absolute atomic E-state index is 14.4. The van der Waals surface area contributed by atoms with Crippen molar-refractivity contribution in [1.82, 2.24) is 19.5 Å². The number of aromatic nitrogens is 4. The molecule has 10 heteroatoms. The first kappa shape index (κ1) is 24.8. The van der Waals surface area contributed by atoms with Crippen LogP contribution in [0.2, 0.25) is 5.02 Å². The first-order valence-corrected chi connectivity index (χ1v) is 13.7. The molecule has 4 aromatic rings. The lowest BCUT2D eigenvalue weighted by Gasteiger charge is -2.35. The number of hydrogen-bond donors (Lipinski definition) is 1. The topological polar surface area (TPSA) is 102 Å². The Morgan fingerprint density at radius 3 is 2.62 bits per heavy atom. The van der Waals surface area contributed by atoms with Gasteiger partial charge in [-0.3, -0.25) is 14.5 Å². The normalized spacial score (nSPS) is 19.4. The number of nitrogens with zero attached hydrogens (tertiary/aromatic N) is 5. The fraction of sp³-hybridized carbons (Fsp3) is 0.300. The van der Waals surface area contributed by atoms with E-state index < -0.39 is 11.4 Å². The van der Waals surface area contributed by atoms with E-state index in [1.807, 2.05) is 43.5 Å². The molecule has 1 aliphatic carbocycles. The van der Waals surface area contributed by atoms with Gasteiger partial charge in [-0.05, 0) is 63.4 Å². The first-order valence-electron chi connectivity index (χ1n) is 13.3. The first-order chi connectivity index (χ1) is 19.2. The van der Waals surface area contributed by atoms with Crippen LogP contribution >= 0.6 is 11.6 Å². The van der Waals surface area contributed by atoms with Crippen LogP contribution in [0.5, 0.6) is 5.88 Å². The van der Waals surface area contributed by atoms with E-state index >= 15 is 0 Å². The number of imidazole rings is 1. The number of aryl methyl sites for hydroxylation is 1. The van der Waals surface area contributed by atoms with E-state index in [1.54, 1.807) is 37.6 Å². The van der Waals surface area contributed by atoms with Gasteiger partial charge in [0.05, 0.1) is 18.4 Å². The summed E-state index contributed by atoms with van der Waals surface area (Å²) in [5.74, 6) is 1.23. The molecule has 2 aliphatic heterocycles. The second-order valence-corrected chi connectivity index (χ2v) is 11.3. The molecule has 9 nitrogen and oxygen atoms in total. The molecule has 3 aliphatic rings. The van der Waals surface area contributed by atoms with E-state index in [0.29, 0.717) is 50.8 Å². The predicted octanol–water partition coefficient (Wildman–Crippen LogP) is 5.62. The fourth-order valence-corrected chi connectivity index (χ4v) is 6.19. The van der Waals surface area contributed by atoms with Crippen molar-refractivity contribution in [3.05, 3.63) is 82.0 Å². The SMILES string of the molecule is COc1nc(C2CC2)ncc1-c1nc2c(n1C(C)C)C1(C(=O)Nc3cc(C)ccc31)N(c1cccc(Cl)c1)C2=O. The summed E-state index contributed by atoms with van der Waals surface area (Å²) in [5, 5.41) is 3.51. The van der Waals surface area contributed by atoms with Crippen LogP contribution in [-0.4, -0.2) is 38.4 Å². The van der Waals surface area contributed by atoms with E-state index in [4.69, 9.17) is 21.3 Å². The molecule has 1 atom stereocenters. The summed E-state index contributed by atoms with van der Waals surface area (Å²) < 4.78 is 7.65. The molecule has 2 aromatic heterocycles. The highest BCUT2D eigenvalue weighted by Crippen LogP contribution is 2.54. The number of rotatable bonds is 5. The van der Waals surface area contributed by atoms with Crippen LogP contribution in [0.1, 0.15) is 71.8 Å². The number of fused-ring (bicyclic) bond motifs is 4. The summed E-state index contributed by atoms with van der Waals surface area (Å²) >= 11 is 6.38. The van der Waals surface area contributed by atoms with Gasteiger partial charge in [-0.2, -0.15) is 4.98 Å². The molecule has 2 aromatic carbocycles. The third-order valence-corrected chi connectivity index (χ3v) is 8.10.